The van der Waals surface area contributed by atoms with Crippen molar-refractivity contribution in [2.45, 2.75) is 96.4 Å². The largest absolute Gasteiger partial charge is 0.461 e. The minimum atomic E-state index is -0.875. The second-order valence-corrected chi connectivity index (χ2v) is 12.6. The molecule has 1 aliphatic heterocycles. The van der Waals surface area contributed by atoms with E-state index in [1.807, 2.05) is 24.3 Å². The molecule has 2 aromatic rings. The first-order valence-corrected chi connectivity index (χ1v) is 15.5. The van der Waals surface area contributed by atoms with Gasteiger partial charge in [-0.15, -0.1) is 0 Å². The lowest BCUT2D eigenvalue weighted by atomic mass is 9.98. The molecule has 0 aromatic heterocycles. The number of amides is 3. The molecule has 0 spiro atoms. The van der Waals surface area contributed by atoms with Gasteiger partial charge >= 0.3 is 18.2 Å². The molecule has 1 unspecified atom stereocenters. The van der Waals surface area contributed by atoms with Crippen molar-refractivity contribution < 1.29 is 33.4 Å². The Kier molecular flexibility index (Phi) is 10.9. The molecule has 2 atom stereocenters. The van der Waals surface area contributed by atoms with Crippen molar-refractivity contribution in [3.63, 3.8) is 0 Å². The third-order valence-electron chi connectivity index (χ3n) is 7.67. The van der Waals surface area contributed by atoms with Crippen LogP contribution in [0.1, 0.15) is 83.8 Å². The van der Waals surface area contributed by atoms with Gasteiger partial charge in [-0.3, -0.25) is 9.69 Å². The van der Waals surface area contributed by atoms with Crippen molar-refractivity contribution in [3.05, 3.63) is 59.7 Å². The highest BCUT2D eigenvalue weighted by Gasteiger charge is 2.38. The monoisotopic (exact) mass is 607 g/mol. The van der Waals surface area contributed by atoms with Crippen LogP contribution in [0.4, 0.5) is 9.59 Å². The summed E-state index contributed by atoms with van der Waals surface area (Å²) in [6.07, 6.45) is 1.20. The number of esters is 1. The number of carbonyl (C=O) groups excluding carboxylic acids is 4. The predicted molar refractivity (Wildman–Crippen MR) is 166 cm³/mol. The minimum Gasteiger partial charge on any atom is -0.461 e. The van der Waals surface area contributed by atoms with Gasteiger partial charge in [0, 0.05) is 19.0 Å². The Morgan fingerprint density at radius 2 is 1.59 bits per heavy atom. The molecule has 2 N–H and O–H groups in total. The van der Waals surface area contributed by atoms with E-state index in [4.69, 9.17) is 14.2 Å². The summed E-state index contributed by atoms with van der Waals surface area (Å²) in [6, 6.07) is 14.7. The Morgan fingerprint density at radius 1 is 0.955 bits per heavy atom. The summed E-state index contributed by atoms with van der Waals surface area (Å²) >= 11 is 0. The zero-order valence-electron chi connectivity index (χ0n) is 26.4. The third-order valence-corrected chi connectivity index (χ3v) is 7.67. The Labute approximate surface area is 259 Å². The van der Waals surface area contributed by atoms with Gasteiger partial charge in [0.1, 0.15) is 24.3 Å². The molecule has 0 saturated carbocycles. The second-order valence-electron chi connectivity index (χ2n) is 12.6. The Balaban J connectivity index is 1.24. The van der Waals surface area contributed by atoms with Crippen LogP contribution >= 0.6 is 0 Å². The fourth-order valence-electron chi connectivity index (χ4n) is 5.72. The molecule has 1 fully saturated rings. The van der Waals surface area contributed by atoms with E-state index in [0.717, 1.165) is 11.1 Å². The minimum absolute atomic E-state index is 0.0180. The van der Waals surface area contributed by atoms with Crippen LogP contribution in [0.3, 0.4) is 0 Å². The normalized spacial score (nSPS) is 16.6. The molecule has 44 heavy (non-hydrogen) atoms. The number of hydrogen-bond donors (Lipinski definition) is 2. The summed E-state index contributed by atoms with van der Waals surface area (Å²) < 4.78 is 16.5. The predicted octanol–water partition coefficient (Wildman–Crippen LogP) is 5.53. The third kappa shape index (κ3) is 8.51. The van der Waals surface area contributed by atoms with Gasteiger partial charge in [0.25, 0.3) is 0 Å². The van der Waals surface area contributed by atoms with Crippen molar-refractivity contribution in [1.82, 2.24) is 15.5 Å². The molecule has 2 aliphatic rings. The number of likely N-dealkylation sites (tertiary alicyclic amines) is 1. The van der Waals surface area contributed by atoms with Gasteiger partial charge in [-0.25, -0.2) is 14.4 Å². The molecule has 10 nitrogen and oxygen atoms in total. The maximum Gasteiger partial charge on any atom is 0.410 e. The summed E-state index contributed by atoms with van der Waals surface area (Å²) in [5.74, 6) is -0.953. The first-order valence-electron chi connectivity index (χ1n) is 15.5. The molecule has 2 aromatic carbocycles. The van der Waals surface area contributed by atoms with Crippen LogP contribution in [0.15, 0.2) is 48.5 Å². The number of nitrogens with one attached hydrogen (secondary N) is 2. The molecule has 1 aliphatic carbocycles. The quantitative estimate of drug-likeness (QED) is 0.196. The average molecular weight is 608 g/mol. The lowest BCUT2D eigenvalue weighted by Crippen LogP contribution is -2.52. The number of fused-ring (bicyclic) bond motifs is 3. The van der Waals surface area contributed by atoms with Gasteiger partial charge in [-0.05, 0) is 89.0 Å². The van der Waals surface area contributed by atoms with Gasteiger partial charge in [0.05, 0.1) is 6.10 Å². The van der Waals surface area contributed by atoms with Crippen molar-refractivity contribution in [2.75, 3.05) is 19.7 Å². The first kappa shape index (κ1) is 32.8. The number of unbranched alkanes of at least 4 members (excludes halogenated alkanes) is 1. The number of carbonyl (C=O) groups is 4. The highest BCUT2D eigenvalue weighted by molar-refractivity contribution is 5.90. The number of rotatable bonds is 11. The van der Waals surface area contributed by atoms with Crippen molar-refractivity contribution in [1.29, 1.82) is 0 Å². The number of benzene rings is 2. The van der Waals surface area contributed by atoms with Gasteiger partial charge in [0.15, 0.2) is 0 Å². The molecule has 1 saturated heterocycles. The molecular weight excluding hydrogens is 562 g/mol. The van der Waals surface area contributed by atoms with Crippen LogP contribution in [0.25, 0.3) is 11.1 Å². The lowest BCUT2D eigenvalue weighted by molar-refractivity contribution is -0.152. The topological polar surface area (TPSA) is 123 Å². The van der Waals surface area contributed by atoms with Gasteiger partial charge in [-0.2, -0.15) is 0 Å². The Hall–Kier alpha value is -4.08. The average Bonchev–Trinajstić information content (AvgIpc) is 3.58. The summed E-state index contributed by atoms with van der Waals surface area (Å²) in [4.78, 5) is 52.6. The number of hydrogen-bond acceptors (Lipinski definition) is 7. The maximum absolute atomic E-state index is 13.2. The lowest BCUT2D eigenvalue weighted by Gasteiger charge is -2.29. The number of ether oxygens (including phenoxy) is 3. The van der Waals surface area contributed by atoms with E-state index >= 15 is 0 Å². The van der Waals surface area contributed by atoms with Crippen molar-refractivity contribution in [2.24, 2.45) is 0 Å². The molecule has 0 radical (unpaired) electrons. The molecule has 4 rings (SSSR count). The Bertz CT molecular complexity index is 1290. The molecule has 1 heterocycles. The van der Waals surface area contributed by atoms with E-state index in [9.17, 15) is 19.2 Å². The van der Waals surface area contributed by atoms with Crippen LogP contribution in [0, 0.1) is 0 Å². The highest BCUT2D eigenvalue weighted by Crippen LogP contribution is 2.44. The van der Waals surface area contributed by atoms with Gasteiger partial charge in [-0.1, -0.05) is 48.5 Å². The Morgan fingerprint density at radius 3 is 2.20 bits per heavy atom. The summed E-state index contributed by atoms with van der Waals surface area (Å²) in [7, 11) is 0. The van der Waals surface area contributed by atoms with Crippen molar-refractivity contribution >= 4 is 24.1 Å². The fourth-order valence-corrected chi connectivity index (χ4v) is 5.72. The molecule has 10 heteroatoms. The maximum atomic E-state index is 13.2. The number of alkyl carbamates (subject to hydrolysis) is 1. The summed E-state index contributed by atoms with van der Waals surface area (Å²) in [6.45, 7) is 9.81. The van der Waals surface area contributed by atoms with Gasteiger partial charge < -0.3 is 24.8 Å². The standard InChI is InChI=1S/C34H45N3O7/c1-22(2)43-31(39)28(36-30(38)29-18-12-20-37(29)33(41)44-34(3,4)5)17-10-11-19-35-32(40)42-21-27-25-15-8-6-13-23(25)24-14-7-9-16-26(24)27/h6-9,13-16,22,27-29H,10-12,17-21H2,1-5H3,(H,35,40)(H,36,38)/t28?,29-/m0/s1. The van der Waals surface area contributed by atoms with Crippen LogP contribution < -0.4 is 10.6 Å². The smallest absolute Gasteiger partial charge is 0.410 e. The van der Waals surface area contributed by atoms with E-state index < -0.39 is 41.7 Å². The second kappa shape index (κ2) is 14.6. The zero-order valence-corrected chi connectivity index (χ0v) is 26.4. The highest BCUT2D eigenvalue weighted by atomic mass is 16.6. The SMILES string of the molecule is CC(C)OC(=O)C(CCCCNC(=O)OCC1c2ccccc2-c2ccccc21)NC(=O)[C@@H]1CCCN1C(=O)OC(C)(C)C. The first-order chi connectivity index (χ1) is 20.9. The van der Waals surface area contributed by atoms with E-state index in [0.29, 0.717) is 45.2 Å². The van der Waals surface area contributed by atoms with E-state index in [-0.39, 0.29) is 18.6 Å². The fraction of sp³-hybridized carbons (Fsp3) is 0.529. The van der Waals surface area contributed by atoms with Crippen LogP contribution in [-0.2, 0) is 23.8 Å². The van der Waals surface area contributed by atoms with Crippen LogP contribution in [0.2, 0.25) is 0 Å². The summed E-state index contributed by atoms with van der Waals surface area (Å²) in [5, 5.41) is 5.59. The molecule has 3 amide bonds. The summed E-state index contributed by atoms with van der Waals surface area (Å²) in [5.41, 5.74) is 3.95. The van der Waals surface area contributed by atoms with E-state index in [1.165, 1.54) is 16.0 Å². The van der Waals surface area contributed by atoms with E-state index in [2.05, 4.69) is 34.9 Å². The van der Waals surface area contributed by atoms with Gasteiger partial charge in [0.2, 0.25) is 5.91 Å². The molecular formula is C34H45N3O7. The van der Waals surface area contributed by atoms with Crippen molar-refractivity contribution in [3.8, 4) is 11.1 Å². The number of nitrogens with zero attached hydrogens (tertiary/aromatic N) is 1. The molecule has 238 valence electrons. The van der Waals surface area contributed by atoms with E-state index in [1.54, 1.807) is 34.6 Å². The van der Waals surface area contributed by atoms with Crippen LogP contribution in [0.5, 0.6) is 0 Å². The van der Waals surface area contributed by atoms with Crippen LogP contribution in [-0.4, -0.2) is 72.4 Å². The zero-order chi connectivity index (χ0) is 31.9. The molecule has 0 bridgehead atoms.